The molecule has 2 heterocycles. The minimum Gasteiger partial charge on any atom is -0.351 e. The van der Waals surface area contributed by atoms with Crippen LogP contribution in [0.15, 0.2) is 17.3 Å². The molecule has 0 aromatic rings. The highest BCUT2D eigenvalue weighted by Gasteiger charge is 2.33. The van der Waals surface area contributed by atoms with Gasteiger partial charge in [0.05, 0.1) is 0 Å². The Bertz CT molecular complexity index is 205. The molecule has 2 aliphatic rings. The maximum Gasteiger partial charge on any atom is 0.107 e. The number of amidine groups is 1. The third-order valence-corrected chi connectivity index (χ3v) is 2.28. The van der Waals surface area contributed by atoms with E-state index in [-0.39, 0.29) is 0 Å². The van der Waals surface area contributed by atoms with E-state index in [2.05, 4.69) is 29.8 Å². The second-order valence-corrected chi connectivity index (χ2v) is 3.09. The SMILES string of the molecule is C[C@H]1C=CN=C2C[C@H](C)N21. The summed E-state index contributed by atoms with van der Waals surface area (Å²) in [5.74, 6) is 1.27. The van der Waals surface area contributed by atoms with Crippen molar-refractivity contribution < 1.29 is 0 Å². The van der Waals surface area contributed by atoms with E-state index in [1.807, 2.05) is 6.20 Å². The van der Waals surface area contributed by atoms with Crippen molar-refractivity contribution in [1.82, 2.24) is 4.90 Å². The summed E-state index contributed by atoms with van der Waals surface area (Å²) in [7, 11) is 0. The highest BCUT2D eigenvalue weighted by Crippen LogP contribution is 2.26. The lowest BCUT2D eigenvalue weighted by Gasteiger charge is -2.46. The quantitative estimate of drug-likeness (QED) is 0.491. The van der Waals surface area contributed by atoms with Crippen molar-refractivity contribution >= 4 is 5.84 Å². The average molecular weight is 136 g/mol. The third kappa shape index (κ3) is 0.618. The average Bonchev–Trinajstić information content (AvgIpc) is 1.85. The van der Waals surface area contributed by atoms with Gasteiger partial charge in [-0.15, -0.1) is 0 Å². The fourth-order valence-corrected chi connectivity index (χ4v) is 1.71. The van der Waals surface area contributed by atoms with E-state index < -0.39 is 0 Å². The first-order chi connectivity index (χ1) is 4.79. The number of fused-ring (bicyclic) bond motifs is 1. The van der Waals surface area contributed by atoms with Crippen molar-refractivity contribution in [1.29, 1.82) is 0 Å². The summed E-state index contributed by atoms with van der Waals surface area (Å²) in [4.78, 5) is 6.62. The molecule has 0 amide bonds. The van der Waals surface area contributed by atoms with Gasteiger partial charge < -0.3 is 4.90 Å². The molecule has 0 aromatic carbocycles. The molecule has 2 aliphatic heterocycles. The Morgan fingerprint density at radius 3 is 2.90 bits per heavy atom. The third-order valence-electron chi connectivity index (χ3n) is 2.28. The van der Waals surface area contributed by atoms with Crippen LogP contribution in [0.4, 0.5) is 0 Å². The Balaban J connectivity index is 2.22. The van der Waals surface area contributed by atoms with Gasteiger partial charge in [0.25, 0.3) is 0 Å². The van der Waals surface area contributed by atoms with Crippen LogP contribution >= 0.6 is 0 Å². The van der Waals surface area contributed by atoms with E-state index in [9.17, 15) is 0 Å². The van der Waals surface area contributed by atoms with Crippen molar-refractivity contribution in [3.8, 4) is 0 Å². The van der Waals surface area contributed by atoms with Crippen LogP contribution in [-0.2, 0) is 0 Å². The maximum absolute atomic E-state index is 4.26. The fourth-order valence-electron chi connectivity index (χ4n) is 1.71. The highest BCUT2D eigenvalue weighted by atomic mass is 15.3. The number of nitrogens with zero attached hydrogens (tertiary/aromatic N) is 2. The molecule has 0 saturated carbocycles. The number of aliphatic imine (C=N–C) groups is 1. The molecule has 1 saturated heterocycles. The number of hydrogen-bond donors (Lipinski definition) is 0. The van der Waals surface area contributed by atoms with Crippen molar-refractivity contribution in [2.24, 2.45) is 4.99 Å². The lowest BCUT2D eigenvalue weighted by molar-refractivity contribution is 0.231. The molecule has 0 radical (unpaired) electrons. The summed E-state index contributed by atoms with van der Waals surface area (Å²) in [6.07, 6.45) is 5.22. The van der Waals surface area contributed by atoms with Gasteiger partial charge in [-0.05, 0) is 19.9 Å². The van der Waals surface area contributed by atoms with Crippen molar-refractivity contribution in [2.75, 3.05) is 0 Å². The van der Waals surface area contributed by atoms with Gasteiger partial charge in [0.15, 0.2) is 0 Å². The van der Waals surface area contributed by atoms with Crippen LogP contribution < -0.4 is 0 Å². The molecule has 0 aliphatic carbocycles. The zero-order valence-corrected chi connectivity index (χ0v) is 6.41. The zero-order valence-electron chi connectivity index (χ0n) is 6.41. The van der Waals surface area contributed by atoms with Gasteiger partial charge in [-0.25, -0.2) is 4.99 Å². The minimum atomic E-state index is 0.566. The number of hydrogen-bond acceptors (Lipinski definition) is 2. The van der Waals surface area contributed by atoms with E-state index in [0.717, 1.165) is 6.42 Å². The van der Waals surface area contributed by atoms with Crippen molar-refractivity contribution in [3.63, 3.8) is 0 Å². The van der Waals surface area contributed by atoms with Gasteiger partial charge in [-0.1, -0.05) is 0 Å². The van der Waals surface area contributed by atoms with Gasteiger partial charge in [0, 0.05) is 24.7 Å². The van der Waals surface area contributed by atoms with Crippen molar-refractivity contribution in [3.05, 3.63) is 12.3 Å². The van der Waals surface area contributed by atoms with Gasteiger partial charge >= 0.3 is 0 Å². The normalized spacial score (nSPS) is 36.6. The lowest BCUT2D eigenvalue weighted by atomic mass is 9.99. The predicted octanol–water partition coefficient (Wildman–Crippen LogP) is 1.39. The summed E-state index contributed by atoms with van der Waals surface area (Å²) in [6.45, 7) is 4.45. The Morgan fingerprint density at radius 1 is 1.60 bits per heavy atom. The summed E-state index contributed by atoms with van der Waals surface area (Å²) >= 11 is 0. The van der Waals surface area contributed by atoms with Crippen LogP contribution in [0.25, 0.3) is 0 Å². The van der Waals surface area contributed by atoms with E-state index in [1.165, 1.54) is 5.84 Å². The molecule has 0 spiro atoms. The molecule has 0 bridgehead atoms. The van der Waals surface area contributed by atoms with E-state index in [4.69, 9.17) is 0 Å². The van der Waals surface area contributed by atoms with Gasteiger partial charge in [-0.3, -0.25) is 0 Å². The number of rotatable bonds is 0. The van der Waals surface area contributed by atoms with Gasteiger partial charge in [0.1, 0.15) is 5.84 Å². The van der Waals surface area contributed by atoms with E-state index in [1.54, 1.807) is 0 Å². The Hall–Kier alpha value is -0.790. The van der Waals surface area contributed by atoms with Crippen LogP contribution in [-0.4, -0.2) is 22.8 Å². The first kappa shape index (κ1) is 5.96. The molecule has 0 aromatic heterocycles. The first-order valence-electron chi connectivity index (χ1n) is 3.80. The highest BCUT2D eigenvalue weighted by molar-refractivity contribution is 5.90. The maximum atomic E-state index is 4.26. The lowest BCUT2D eigenvalue weighted by Crippen LogP contribution is -2.55. The zero-order chi connectivity index (χ0) is 7.14. The van der Waals surface area contributed by atoms with E-state index in [0.29, 0.717) is 12.1 Å². The minimum absolute atomic E-state index is 0.566. The molecule has 1 fully saturated rings. The standard InChI is InChI=1S/C8H12N2/c1-6-3-4-9-8-5-7(2)10(6)8/h3-4,6-7H,5H2,1-2H3/t6-,7-/m0/s1. The molecule has 2 nitrogen and oxygen atoms in total. The molecular formula is C8H12N2. The molecule has 10 heavy (non-hydrogen) atoms. The second-order valence-electron chi connectivity index (χ2n) is 3.09. The molecular weight excluding hydrogens is 124 g/mol. The second kappa shape index (κ2) is 1.84. The molecule has 2 rings (SSSR count). The molecule has 2 heteroatoms. The van der Waals surface area contributed by atoms with Crippen LogP contribution in [0, 0.1) is 0 Å². The summed E-state index contributed by atoms with van der Waals surface area (Å²) in [5, 5.41) is 0. The Morgan fingerprint density at radius 2 is 2.40 bits per heavy atom. The van der Waals surface area contributed by atoms with Crippen LogP contribution in [0.2, 0.25) is 0 Å². The smallest absolute Gasteiger partial charge is 0.107 e. The molecule has 0 unspecified atom stereocenters. The fraction of sp³-hybridized carbons (Fsp3) is 0.625. The summed E-state index contributed by atoms with van der Waals surface area (Å²) < 4.78 is 0. The van der Waals surface area contributed by atoms with Gasteiger partial charge in [0.2, 0.25) is 0 Å². The van der Waals surface area contributed by atoms with Crippen LogP contribution in [0.5, 0.6) is 0 Å². The molecule has 2 atom stereocenters. The topological polar surface area (TPSA) is 15.6 Å². The molecule has 0 N–H and O–H groups in total. The Kier molecular flexibility index (Phi) is 1.10. The predicted molar refractivity (Wildman–Crippen MR) is 42.0 cm³/mol. The van der Waals surface area contributed by atoms with E-state index >= 15 is 0 Å². The molecule has 54 valence electrons. The summed E-state index contributed by atoms with van der Waals surface area (Å²) in [6, 6.07) is 1.27. The Labute approximate surface area is 61.2 Å². The summed E-state index contributed by atoms with van der Waals surface area (Å²) in [5.41, 5.74) is 0. The van der Waals surface area contributed by atoms with Crippen molar-refractivity contribution in [2.45, 2.75) is 32.4 Å². The van der Waals surface area contributed by atoms with Gasteiger partial charge in [-0.2, -0.15) is 0 Å². The van der Waals surface area contributed by atoms with Crippen LogP contribution in [0.3, 0.4) is 0 Å². The monoisotopic (exact) mass is 136 g/mol. The van der Waals surface area contributed by atoms with Crippen LogP contribution in [0.1, 0.15) is 20.3 Å². The largest absolute Gasteiger partial charge is 0.351 e. The first-order valence-corrected chi connectivity index (χ1v) is 3.80.